The van der Waals surface area contributed by atoms with Crippen molar-refractivity contribution in [2.75, 3.05) is 19.6 Å². The zero-order valence-corrected chi connectivity index (χ0v) is 12.4. The van der Waals surface area contributed by atoms with Crippen LogP contribution in [0.25, 0.3) is 0 Å². The maximum Gasteiger partial charge on any atom is 0.240 e. The van der Waals surface area contributed by atoms with Crippen LogP contribution < -0.4 is 11.1 Å². The Morgan fingerprint density at radius 1 is 1.42 bits per heavy atom. The van der Waals surface area contributed by atoms with E-state index in [0.29, 0.717) is 19.5 Å². The van der Waals surface area contributed by atoms with Gasteiger partial charge in [0.15, 0.2) is 0 Å². The molecule has 5 nitrogen and oxygen atoms in total. The van der Waals surface area contributed by atoms with Crippen LogP contribution >= 0.6 is 0 Å². The van der Waals surface area contributed by atoms with Gasteiger partial charge in [-0.25, -0.2) is 0 Å². The third kappa shape index (κ3) is 4.49. The summed E-state index contributed by atoms with van der Waals surface area (Å²) in [5.74, 6) is 0.227. The van der Waals surface area contributed by atoms with E-state index in [1.807, 2.05) is 20.8 Å². The van der Waals surface area contributed by atoms with E-state index in [2.05, 4.69) is 5.32 Å². The second-order valence-corrected chi connectivity index (χ2v) is 5.95. The van der Waals surface area contributed by atoms with Crippen LogP contribution in [0.2, 0.25) is 0 Å². The third-order valence-corrected chi connectivity index (χ3v) is 4.13. The van der Waals surface area contributed by atoms with Gasteiger partial charge >= 0.3 is 0 Å². The zero-order chi connectivity index (χ0) is 14.5. The monoisotopic (exact) mass is 269 g/mol. The van der Waals surface area contributed by atoms with E-state index in [9.17, 15) is 9.59 Å². The molecule has 1 fully saturated rings. The quantitative estimate of drug-likeness (QED) is 0.778. The van der Waals surface area contributed by atoms with E-state index in [1.165, 1.54) is 0 Å². The van der Waals surface area contributed by atoms with Gasteiger partial charge in [-0.05, 0) is 25.7 Å². The Kier molecular flexibility index (Phi) is 5.79. The molecule has 0 aromatic heterocycles. The van der Waals surface area contributed by atoms with E-state index in [4.69, 9.17) is 5.73 Å². The largest absolute Gasteiger partial charge is 0.348 e. The lowest BCUT2D eigenvalue weighted by Crippen LogP contribution is -2.57. The van der Waals surface area contributed by atoms with Gasteiger partial charge in [0.25, 0.3) is 0 Å². The molecular weight excluding hydrogens is 242 g/mol. The van der Waals surface area contributed by atoms with Gasteiger partial charge in [-0.15, -0.1) is 0 Å². The fraction of sp³-hybridized carbons (Fsp3) is 0.857. The fourth-order valence-electron chi connectivity index (χ4n) is 2.17. The van der Waals surface area contributed by atoms with Gasteiger partial charge < -0.3 is 16.0 Å². The summed E-state index contributed by atoms with van der Waals surface area (Å²) in [5, 5.41) is 2.97. The zero-order valence-electron chi connectivity index (χ0n) is 12.4. The predicted octanol–water partition coefficient (Wildman–Crippen LogP) is 0.879. The smallest absolute Gasteiger partial charge is 0.240 e. The van der Waals surface area contributed by atoms with Crippen LogP contribution in [0.4, 0.5) is 0 Å². The molecule has 0 spiro atoms. The highest BCUT2D eigenvalue weighted by Crippen LogP contribution is 2.15. The van der Waals surface area contributed by atoms with Crippen molar-refractivity contribution in [2.45, 2.75) is 52.0 Å². The topological polar surface area (TPSA) is 75.4 Å². The summed E-state index contributed by atoms with van der Waals surface area (Å²) in [7, 11) is 0. The number of hydrogen-bond acceptors (Lipinski definition) is 3. The van der Waals surface area contributed by atoms with Gasteiger partial charge in [0, 0.05) is 19.5 Å². The normalized spacial score (nSPS) is 20.1. The minimum Gasteiger partial charge on any atom is -0.348 e. The van der Waals surface area contributed by atoms with Crippen molar-refractivity contribution < 1.29 is 9.59 Å². The van der Waals surface area contributed by atoms with Gasteiger partial charge in [-0.2, -0.15) is 0 Å². The van der Waals surface area contributed by atoms with Crippen LogP contribution in [-0.4, -0.2) is 41.9 Å². The lowest BCUT2D eigenvalue weighted by atomic mass is 9.88. The molecule has 0 saturated carbocycles. The number of carbonyl (C=O) groups is 2. The Morgan fingerprint density at radius 3 is 2.68 bits per heavy atom. The van der Waals surface area contributed by atoms with E-state index in [0.717, 1.165) is 19.3 Å². The summed E-state index contributed by atoms with van der Waals surface area (Å²) in [6, 6.07) is 0. The Balaban J connectivity index is 2.56. The molecule has 5 heteroatoms. The van der Waals surface area contributed by atoms with E-state index in [1.54, 1.807) is 4.90 Å². The molecule has 0 bridgehead atoms. The Hall–Kier alpha value is -1.10. The highest BCUT2D eigenvalue weighted by molar-refractivity contribution is 5.85. The van der Waals surface area contributed by atoms with Crippen molar-refractivity contribution in [1.82, 2.24) is 10.2 Å². The van der Waals surface area contributed by atoms with Gasteiger partial charge in [0.1, 0.15) is 0 Å². The summed E-state index contributed by atoms with van der Waals surface area (Å²) < 4.78 is 0. The molecular formula is C14H27N3O2. The highest BCUT2D eigenvalue weighted by Gasteiger charge is 2.29. The number of nitrogens with one attached hydrogen (secondary N) is 1. The molecule has 0 aromatic carbocycles. The number of carbonyl (C=O) groups excluding carboxylic acids is 2. The van der Waals surface area contributed by atoms with Crippen LogP contribution in [0, 0.1) is 5.92 Å². The summed E-state index contributed by atoms with van der Waals surface area (Å²) in [4.78, 5) is 25.6. The first-order valence-electron chi connectivity index (χ1n) is 7.18. The van der Waals surface area contributed by atoms with Crippen molar-refractivity contribution in [3.05, 3.63) is 0 Å². The molecule has 2 amide bonds. The number of amides is 2. The molecule has 1 aliphatic heterocycles. The molecule has 1 rings (SSSR count). The van der Waals surface area contributed by atoms with Crippen molar-refractivity contribution in [3.63, 3.8) is 0 Å². The van der Waals surface area contributed by atoms with E-state index in [-0.39, 0.29) is 24.3 Å². The van der Waals surface area contributed by atoms with Gasteiger partial charge in [0.2, 0.25) is 11.8 Å². The molecule has 1 saturated heterocycles. The average Bonchev–Trinajstić information content (AvgIpc) is 2.54. The first-order valence-corrected chi connectivity index (χ1v) is 7.18. The lowest BCUT2D eigenvalue weighted by Gasteiger charge is -2.34. The van der Waals surface area contributed by atoms with Crippen molar-refractivity contribution in [2.24, 2.45) is 11.7 Å². The van der Waals surface area contributed by atoms with Crippen molar-refractivity contribution in [1.29, 1.82) is 0 Å². The molecule has 0 aromatic rings. The maximum absolute atomic E-state index is 12.1. The minimum absolute atomic E-state index is 0.0895. The van der Waals surface area contributed by atoms with Crippen LogP contribution in [0.1, 0.15) is 46.5 Å². The molecule has 0 radical (unpaired) electrons. The first kappa shape index (κ1) is 16.0. The van der Waals surface area contributed by atoms with E-state index < -0.39 is 5.54 Å². The van der Waals surface area contributed by atoms with Crippen LogP contribution in [0.3, 0.4) is 0 Å². The van der Waals surface area contributed by atoms with Crippen LogP contribution in [0.5, 0.6) is 0 Å². The summed E-state index contributed by atoms with van der Waals surface area (Å²) in [5.41, 5.74) is 5.34. The molecule has 0 aliphatic carbocycles. The third-order valence-electron chi connectivity index (χ3n) is 4.13. The fourth-order valence-corrected chi connectivity index (χ4v) is 2.17. The molecule has 1 atom stereocenters. The number of rotatable bonds is 5. The number of likely N-dealkylation sites (tertiary alicyclic amines) is 1. The molecule has 1 unspecified atom stereocenters. The molecule has 1 aliphatic rings. The van der Waals surface area contributed by atoms with Crippen LogP contribution in [0.15, 0.2) is 0 Å². The highest BCUT2D eigenvalue weighted by atomic mass is 16.2. The van der Waals surface area contributed by atoms with E-state index >= 15 is 0 Å². The van der Waals surface area contributed by atoms with Gasteiger partial charge in [0.05, 0.1) is 12.1 Å². The number of nitrogens with two attached hydrogens (primary N) is 1. The van der Waals surface area contributed by atoms with Crippen LogP contribution in [-0.2, 0) is 9.59 Å². The number of nitrogens with zero attached hydrogens (tertiary/aromatic N) is 1. The maximum atomic E-state index is 12.1. The minimum atomic E-state index is -0.411. The van der Waals surface area contributed by atoms with Gasteiger partial charge in [-0.1, -0.05) is 20.3 Å². The predicted molar refractivity (Wildman–Crippen MR) is 75.5 cm³/mol. The van der Waals surface area contributed by atoms with Crippen molar-refractivity contribution >= 4 is 11.8 Å². The summed E-state index contributed by atoms with van der Waals surface area (Å²) in [6.45, 7) is 7.24. The first-order chi connectivity index (χ1) is 8.89. The number of hydrogen-bond donors (Lipinski definition) is 2. The Morgan fingerprint density at radius 2 is 2.11 bits per heavy atom. The lowest BCUT2D eigenvalue weighted by molar-refractivity contribution is -0.136. The molecule has 19 heavy (non-hydrogen) atoms. The summed E-state index contributed by atoms with van der Waals surface area (Å²) >= 11 is 0. The van der Waals surface area contributed by atoms with Crippen molar-refractivity contribution in [3.8, 4) is 0 Å². The average molecular weight is 269 g/mol. The molecule has 3 N–H and O–H groups in total. The second kappa shape index (κ2) is 6.89. The molecule has 1 heterocycles. The van der Waals surface area contributed by atoms with Gasteiger partial charge in [-0.3, -0.25) is 9.59 Å². The Labute approximate surface area is 115 Å². The SMILES string of the molecule is CC(C)C(C)(CN)NC(=O)CN1CCCCCC1=O. The molecule has 110 valence electrons. The Bertz CT molecular complexity index is 331. The second-order valence-electron chi connectivity index (χ2n) is 5.95. The standard InChI is InChI=1S/C14H27N3O2/c1-11(2)14(3,10-15)16-12(18)9-17-8-6-4-5-7-13(17)19/h11H,4-10,15H2,1-3H3,(H,16,18). The summed E-state index contributed by atoms with van der Waals surface area (Å²) in [6.07, 6.45) is 3.54.